The van der Waals surface area contributed by atoms with Crippen molar-refractivity contribution in [2.75, 3.05) is 0 Å². The maximum absolute atomic E-state index is 10.6. The maximum atomic E-state index is 10.6. The summed E-state index contributed by atoms with van der Waals surface area (Å²) >= 11 is 0. The lowest BCUT2D eigenvalue weighted by Gasteiger charge is -2.16. The second-order valence-corrected chi connectivity index (χ2v) is 14.3. The minimum absolute atomic E-state index is 0.458. The molecule has 3 aromatic heterocycles. The van der Waals surface area contributed by atoms with Gasteiger partial charge < -0.3 is 4.57 Å². The van der Waals surface area contributed by atoms with Crippen LogP contribution in [0.15, 0.2) is 188 Å². The largest absolute Gasteiger partial charge is 0.309 e. The first-order valence-corrected chi connectivity index (χ1v) is 19.0. The van der Waals surface area contributed by atoms with Gasteiger partial charge in [-0.25, -0.2) is 15.0 Å². The third-order valence-corrected chi connectivity index (χ3v) is 11.0. The Labute approximate surface area is 328 Å². The fourth-order valence-corrected chi connectivity index (χ4v) is 8.36. The van der Waals surface area contributed by atoms with Gasteiger partial charge in [0.15, 0.2) is 0 Å². The summed E-state index contributed by atoms with van der Waals surface area (Å²) in [6, 6.07) is 67.3. The second kappa shape index (κ2) is 13.1. The number of pyridine rings is 1. The third kappa shape index (κ3) is 5.27. The quantitative estimate of drug-likeness (QED) is 0.166. The highest BCUT2D eigenvalue weighted by molar-refractivity contribution is 6.22. The number of benzene rings is 8. The lowest BCUT2D eigenvalue weighted by atomic mass is 9.94. The van der Waals surface area contributed by atoms with Crippen molar-refractivity contribution in [1.82, 2.24) is 19.5 Å². The molecular formula is C52H31N5. The van der Waals surface area contributed by atoms with Gasteiger partial charge in [-0.05, 0) is 47.5 Å². The Bertz CT molecular complexity index is 3330. The van der Waals surface area contributed by atoms with Gasteiger partial charge in [-0.2, -0.15) is 5.26 Å². The Hall–Kier alpha value is -7.94. The van der Waals surface area contributed by atoms with Gasteiger partial charge in [-0.15, -0.1) is 0 Å². The van der Waals surface area contributed by atoms with Crippen molar-refractivity contribution in [2.45, 2.75) is 0 Å². The predicted molar refractivity (Wildman–Crippen MR) is 233 cm³/mol. The molecule has 3 heterocycles. The van der Waals surface area contributed by atoms with Gasteiger partial charge in [0.05, 0.1) is 44.7 Å². The average Bonchev–Trinajstić information content (AvgIpc) is 3.63. The van der Waals surface area contributed by atoms with E-state index in [9.17, 15) is 5.26 Å². The summed E-state index contributed by atoms with van der Waals surface area (Å²) in [5.74, 6) is 0. The zero-order valence-electron chi connectivity index (χ0n) is 30.6. The van der Waals surface area contributed by atoms with Crippen molar-refractivity contribution in [2.24, 2.45) is 0 Å². The van der Waals surface area contributed by atoms with Gasteiger partial charge in [0, 0.05) is 49.3 Å². The zero-order chi connectivity index (χ0) is 37.9. The van der Waals surface area contributed by atoms with Crippen LogP contribution in [0.2, 0.25) is 0 Å². The van der Waals surface area contributed by atoms with Crippen molar-refractivity contribution in [3.05, 3.63) is 194 Å². The van der Waals surface area contributed by atoms with E-state index in [1.807, 2.05) is 72.8 Å². The number of para-hydroxylation sites is 3. The average molecular weight is 726 g/mol. The summed E-state index contributed by atoms with van der Waals surface area (Å²) in [6.07, 6.45) is 0. The van der Waals surface area contributed by atoms with Gasteiger partial charge in [0.2, 0.25) is 0 Å². The fraction of sp³-hybridized carbons (Fsp3) is 0. The number of aromatic nitrogens is 4. The van der Waals surface area contributed by atoms with Crippen LogP contribution in [0.4, 0.5) is 0 Å². The molecule has 11 rings (SSSR count). The normalized spacial score (nSPS) is 11.5. The highest BCUT2D eigenvalue weighted by Gasteiger charge is 2.21. The number of hydrogen-bond donors (Lipinski definition) is 0. The van der Waals surface area contributed by atoms with E-state index in [1.54, 1.807) is 0 Å². The number of hydrogen-bond acceptors (Lipinski definition) is 4. The summed E-state index contributed by atoms with van der Waals surface area (Å²) in [7, 11) is 0. The Morgan fingerprint density at radius 2 is 0.860 bits per heavy atom. The minimum atomic E-state index is 0.458. The van der Waals surface area contributed by atoms with E-state index in [0.29, 0.717) is 16.6 Å². The molecule has 0 aliphatic heterocycles. The highest BCUT2D eigenvalue weighted by atomic mass is 15.0. The summed E-state index contributed by atoms with van der Waals surface area (Å²) in [6.45, 7) is 0. The number of rotatable bonds is 5. The fourth-order valence-electron chi connectivity index (χ4n) is 8.36. The highest BCUT2D eigenvalue weighted by Crippen LogP contribution is 2.41. The monoisotopic (exact) mass is 725 g/mol. The third-order valence-electron chi connectivity index (χ3n) is 11.0. The van der Waals surface area contributed by atoms with E-state index in [2.05, 4.69) is 126 Å². The number of fused-ring (bicyclic) bond motifs is 8. The van der Waals surface area contributed by atoms with Crippen molar-refractivity contribution in [3.63, 3.8) is 0 Å². The molecular weight excluding hydrogens is 695 g/mol. The molecule has 0 atom stereocenters. The van der Waals surface area contributed by atoms with Gasteiger partial charge in [0.25, 0.3) is 0 Å². The molecule has 0 N–H and O–H groups in total. The lowest BCUT2D eigenvalue weighted by Crippen LogP contribution is -2.00. The summed E-state index contributed by atoms with van der Waals surface area (Å²) in [5, 5.41) is 15.9. The van der Waals surface area contributed by atoms with Gasteiger partial charge in [0.1, 0.15) is 11.6 Å². The first-order chi connectivity index (χ1) is 28.2. The molecule has 11 aromatic rings. The number of nitriles is 1. The zero-order valence-corrected chi connectivity index (χ0v) is 30.6. The van der Waals surface area contributed by atoms with Crippen molar-refractivity contribution in [3.8, 4) is 56.7 Å². The molecule has 0 amide bonds. The molecule has 0 aliphatic rings. The summed E-state index contributed by atoms with van der Waals surface area (Å²) in [4.78, 5) is 15.9. The second-order valence-electron chi connectivity index (χ2n) is 14.3. The molecule has 264 valence electrons. The molecule has 0 spiro atoms. The van der Waals surface area contributed by atoms with Gasteiger partial charge in [-0.3, -0.25) is 0 Å². The van der Waals surface area contributed by atoms with E-state index in [1.165, 1.54) is 21.8 Å². The van der Waals surface area contributed by atoms with Crippen LogP contribution in [-0.2, 0) is 0 Å². The van der Waals surface area contributed by atoms with Crippen LogP contribution >= 0.6 is 0 Å². The molecule has 8 aromatic carbocycles. The van der Waals surface area contributed by atoms with Crippen molar-refractivity contribution < 1.29 is 0 Å². The molecule has 0 aliphatic carbocycles. The first-order valence-electron chi connectivity index (χ1n) is 19.0. The van der Waals surface area contributed by atoms with Crippen LogP contribution in [0.25, 0.3) is 105 Å². The lowest BCUT2D eigenvalue weighted by molar-refractivity contribution is 1.18. The molecule has 0 saturated carbocycles. The van der Waals surface area contributed by atoms with E-state index in [-0.39, 0.29) is 0 Å². The molecule has 5 nitrogen and oxygen atoms in total. The van der Waals surface area contributed by atoms with E-state index < -0.39 is 0 Å². The molecule has 57 heavy (non-hydrogen) atoms. The van der Waals surface area contributed by atoms with E-state index >= 15 is 0 Å². The maximum Gasteiger partial charge on any atom is 0.108 e. The molecule has 0 fully saturated rings. The Kier molecular flexibility index (Phi) is 7.48. The summed E-state index contributed by atoms with van der Waals surface area (Å²) in [5.41, 5.74) is 13.5. The summed E-state index contributed by atoms with van der Waals surface area (Å²) < 4.78 is 2.34. The Morgan fingerprint density at radius 3 is 1.46 bits per heavy atom. The van der Waals surface area contributed by atoms with Gasteiger partial charge >= 0.3 is 0 Å². The van der Waals surface area contributed by atoms with Crippen LogP contribution in [0.5, 0.6) is 0 Å². The smallest absolute Gasteiger partial charge is 0.108 e. The van der Waals surface area contributed by atoms with Crippen molar-refractivity contribution >= 4 is 54.5 Å². The predicted octanol–water partition coefficient (Wildman–Crippen LogP) is 13.0. The standard InChI is InChI=1S/C52H31N5/c53-32-38-31-43-47(52-51(38)55-49(35-13-3-1-4-14-35)50(56-52)36-15-5-2-6-16-36)42-19-7-10-20-44(42)54-48(43)37-25-23-33(24-26-37)34-27-29-39(30-28-34)57-45-21-11-8-17-40(45)41-18-9-12-22-46(41)57/h1-31H. The van der Waals surface area contributed by atoms with Gasteiger partial charge in [-0.1, -0.05) is 152 Å². The van der Waals surface area contributed by atoms with Crippen LogP contribution in [-0.4, -0.2) is 19.5 Å². The van der Waals surface area contributed by atoms with Crippen LogP contribution in [0.1, 0.15) is 5.56 Å². The molecule has 0 bridgehead atoms. The van der Waals surface area contributed by atoms with E-state index in [4.69, 9.17) is 15.0 Å². The number of nitrogens with zero attached hydrogens (tertiary/aromatic N) is 5. The topological polar surface area (TPSA) is 67.4 Å². The molecule has 0 saturated heterocycles. The molecule has 0 unspecified atom stereocenters. The Balaban J connectivity index is 1.06. The SMILES string of the molecule is N#Cc1cc2c(-c3ccc(-c4ccc(-n5c6ccccc6c6ccccc65)cc4)cc3)nc3ccccc3c2c2nc(-c3ccccc3)c(-c3ccccc3)nc12. The van der Waals surface area contributed by atoms with E-state index in [0.717, 1.165) is 72.3 Å². The van der Waals surface area contributed by atoms with Crippen LogP contribution in [0, 0.1) is 11.3 Å². The molecule has 5 heteroatoms. The van der Waals surface area contributed by atoms with Crippen LogP contribution < -0.4 is 0 Å². The minimum Gasteiger partial charge on any atom is -0.309 e. The first kappa shape index (κ1) is 32.5. The Morgan fingerprint density at radius 1 is 0.386 bits per heavy atom. The van der Waals surface area contributed by atoms with Crippen LogP contribution in [0.3, 0.4) is 0 Å². The van der Waals surface area contributed by atoms with Crippen molar-refractivity contribution in [1.29, 1.82) is 5.26 Å². The molecule has 0 radical (unpaired) electrons.